The Labute approximate surface area is 184 Å². The van der Waals surface area contributed by atoms with Crippen LogP contribution in [-0.4, -0.2) is 56.7 Å². The molecule has 0 saturated carbocycles. The molecule has 168 valence electrons. The van der Waals surface area contributed by atoms with Crippen molar-refractivity contribution in [1.29, 1.82) is 0 Å². The number of nitrogens with zero attached hydrogens (tertiary/aromatic N) is 2. The molecule has 0 aliphatic carbocycles. The molecule has 0 spiro atoms. The van der Waals surface area contributed by atoms with Crippen LogP contribution < -0.4 is 10.6 Å². The van der Waals surface area contributed by atoms with E-state index in [4.69, 9.17) is 0 Å². The highest BCUT2D eigenvalue weighted by Gasteiger charge is 2.20. The molecule has 2 N–H and O–H groups in total. The fourth-order valence-electron chi connectivity index (χ4n) is 2.72. The van der Waals surface area contributed by atoms with Crippen LogP contribution in [0, 0.1) is 0 Å². The molecule has 0 heterocycles. The monoisotopic (exact) mass is 446 g/mol. The van der Waals surface area contributed by atoms with E-state index in [1.54, 1.807) is 54.4 Å². The number of amides is 3. The number of hydrogen-bond acceptors (Lipinski definition) is 4. The van der Waals surface area contributed by atoms with Crippen LogP contribution in [0.1, 0.15) is 35.3 Å². The molecule has 0 aliphatic heterocycles. The van der Waals surface area contributed by atoms with Crippen molar-refractivity contribution in [3.05, 3.63) is 65.2 Å². The number of sulfonamides is 1. The molecule has 9 heteroatoms. The minimum Gasteiger partial charge on any atom is -0.339 e. The average Bonchev–Trinajstić information content (AvgIpc) is 2.75. The molecule has 0 aliphatic rings. The first-order valence-corrected chi connectivity index (χ1v) is 11.4. The predicted octanol–water partition coefficient (Wildman–Crippen LogP) is 2.42. The molecule has 0 fully saturated rings. The van der Waals surface area contributed by atoms with Crippen molar-refractivity contribution in [3.63, 3.8) is 0 Å². The topological polar surface area (TPSA) is 98.8 Å². The van der Waals surface area contributed by atoms with E-state index >= 15 is 0 Å². The molecule has 3 amide bonds. The second-order valence-electron chi connectivity index (χ2n) is 7.64. The van der Waals surface area contributed by atoms with E-state index in [1.165, 1.54) is 20.2 Å². The van der Waals surface area contributed by atoms with Crippen molar-refractivity contribution in [2.75, 3.05) is 21.1 Å². The molecule has 0 atom stereocenters. The zero-order chi connectivity index (χ0) is 23.2. The number of urea groups is 1. The number of nitrogens with one attached hydrogen (secondary N) is 2. The van der Waals surface area contributed by atoms with Crippen LogP contribution in [-0.2, 0) is 23.1 Å². The lowest BCUT2D eigenvalue weighted by Gasteiger charge is -2.21. The van der Waals surface area contributed by atoms with Gasteiger partial charge in [-0.1, -0.05) is 30.3 Å². The standard InChI is InChI=1S/C22H30N4O4S/c1-16(2)26(5)21(27)18-12-10-17(11-13-18)14-23-22(28)24-15-19-8-6-7-9-20(19)31(29,30)25(3)4/h6-13,16H,14-15H2,1-5H3,(H2,23,24,28). The van der Waals surface area contributed by atoms with Gasteiger partial charge in [0.15, 0.2) is 0 Å². The molecule has 8 nitrogen and oxygen atoms in total. The van der Waals surface area contributed by atoms with E-state index in [0.29, 0.717) is 11.1 Å². The van der Waals surface area contributed by atoms with Gasteiger partial charge in [-0.2, -0.15) is 0 Å². The van der Waals surface area contributed by atoms with Crippen LogP contribution in [0.4, 0.5) is 4.79 Å². The Morgan fingerprint density at radius 2 is 1.48 bits per heavy atom. The van der Waals surface area contributed by atoms with Crippen LogP contribution in [0.5, 0.6) is 0 Å². The van der Waals surface area contributed by atoms with Crippen molar-refractivity contribution in [1.82, 2.24) is 19.8 Å². The number of benzene rings is 2. The van der Waals surface area contributed by atoms with Crippen LogP contribution in [0.2, 0.25) is 0 Å². The Morgan fingerprint density at radius 1 is 0.903 bits per heavy atom. The smallest absolute Gasteiger partial charge is 0.315 e. The summed E-state index contributed by atoms with van der Waals surface area (Å²) in [5.41, 5.74) is 1.93. The lowest BCUT2D eigenvalue weighted by molar-refractivity contribution is 0.0755. The molecule has 0 radical (unpaired) electrons. The summed E-state index contributed by atoms with van der Waals surface area (Å²) in [5, 5.41) is 5.42. The molecule has 31 heavy (non-hydrogen) atoms. The van der Waals surface area contributed by atoms with Gasteiger partial charge in [-0.05, 0) is 43.2 Å². The van der Waals surface area contributed by atoms with Crippen molar-refractivity contribution < 1.29 is 18.0 Å². The summed E-state index contributed by atoms with van der Waals surface area (Å²) in [7, 11) is 1.08. The van der Waals surface area contributed by atoms with Gasteiger partial charge in [0, 0.05) is 45.8 Å². The summed E-state index contributed by atoms with van der Waals surface area (Å²) in [6.07, 6.45) is 0. The van der Waals surface area contributed by atoms with Gasteiger partial charge in [0.1, 0.15) is 0 Å². The highest BCUT2D eigenvalue weighted by Crippen LogP contribution is 2.18. The molecule has 2 rings (SSSR count). The second kappa shape index (κ2) is 10.4. The van der Waals surface area contributed by atoms with E-state index in [9.17, 15) is 18.0 Å². The maximum absolute atomic E-state index is 12.4. The first-order valence-electron chi connectivity index (χ1n) is 9.92. The second-order valence-corrected chi connectivity index (χ2v) is 9.76. The fraction of sp³-hybridized carbons (Fsp3) is 0.364. The zero-order valence-corrected chi connectivity index (χ0v) is 19.4. The molecule has 0 saturated heterocycles. The Morgan fingerprint density at radius 3 is 2.06 bits per heavy atom. The highest BCUT2D eigenvalue weighted by molar-refractivity contribution is 7.89. The van der Waals surface area contributed by atoms with Crippen LogP contribution in [0.25, 0.3) is 0 Å². The Hall–Kier alpha value is -2.91. The summed E-state index contributed by atoms with van der Waals surface area (Å²) < 4.78 is 26.0. The third kappa shape index (κ3) is 6.28. The van der Waals surface area contributed by atoms with Crippen molar-refractivity contribution in [2.24, 2.45) is 0 Å². The summed E-state index contributed by atoms with van der Waals surface area (Å²) in [5.74, 6) is -0.0569. The Balaban J connectivity index is 1.93. The van der Waals surface area contributed by atoms with Gasteiger partial charge in [0.25, 0.3) is 5.91 Å². The van der Waals surface area contributed by atoms with E-state index in [2.05, 4.69) is 10.6 Å². The molecule has 0 unspecified atom stereocenters. The minimum atomic E-state index is -3.60. The first kappa shape index (κ1) is 24.4. The van der Waals surface area contributed by atoms with Crippen LogP contribution in [0.15, 0.2) is 53.4 Å². The van der Waals surface area contributed by atoms with Crippen LogP contribution in [0.3, 0.4) is 0 Å². The van der Waals surface area contributed by atoms with E-state index in [1.807, 2.05) is 13.8 Å². The van der Waals surface area contributed by atoms with Gasteiger partial charge in [-0.15, -0.1) is 0 Å². The van der Waals surface area contributed by atoms with Gasteiger partial charge in [0.2, 0.25) is 10.0 Å². The molecule has 2 aromatic carbocycles. The van der Waals surface area contributed by atoms with Crippen molar-refractivity contribution in [3.8, 4) is 0 Å². The SMILES string of the molecule is CC(C)N(C)C(=O)c1ccc(CNC(=O)NCc2ccccc2S(=O)(=O)N(C)C)cc1. The highest BCUT2D eigenvalue weighted by atomic mass is 32.2. The minimum absolute atomic E-state index is 0.0569. The Bertz CT molecular complexity index is 1020. The summed E-state index contributed by atoms with van der Waals surface area (Å²) in [4.78, 5) is 26.3. The third-order valence-electron chi connectivity index (χ3n) is 4.92. The quantitative estimate of drug-likeness (QED) is 0.651. The average molecular weight is 447 g/mol. The van der Waals surface area contributed by atoms with Gasteiger partial charge in [0.05, 0.1) is 4.90 Å². The lowest BCUT2D eigenvalue weighted by Crippen LogP contribution is -2.35. The van der Waals surface area contributed by atoms with Gasteiger partial charge in [-0.25, -0.2) is 17.5 Å². The van der Waals surface area contributed by atoms with Crippen molar-refractivity contribution >= 4 is 22.0 Å². The summed E-state index contributed by atoms with van der Waals surface area (Å²) in [6.45, 7) is 4.24. The number of rotatable bonds is 8. The maximum Gasteiger partial charge on any atom is 0.315 e. The Kier molecular flexibility index (Phi) is 8.18. The third-order valence-corrected chi connectivity index (χ3v) is 6.84. The largest absolute Gasteiger partial charge is 0.339 e. The zero-order valence-electron chi connectivity index (χ0n) is 18.5. The predicted molar refractivity (Wildman–Crippen MR) is 120 cm³/mol. The molecule has 0 aromatic heterocycles. The molecule has 2 aromatic rings. The van der Waals surface area contributed by atoms with Gasteiger partial charge < -0.3 is 15.5 Å². The lowest BCUT2D eigenvalue weighted by atomic mass is 10.1. The van der Waals surface area contributed by atoms with E-state index in [-0.39, 0.29) is 29.9 Å². The number of hydrogen-bond donors (Lipinski definition) is 2. The molecular weight excluding hydrogens is 416 g/mol. The maximum atomic E-state index is 12.4. The van der Waals surface area contributed by atoms with E-state index in [0.717, 1.165) is 9.87 Å². The first-order chi connectivity index (χ1) is 14.5. The number of carbonyl (C=O) groups is 2. The van der Waals surface area contributed by atoms with Gasteiger partial charge >= 0.3 is 6.03 Å². The number of carbonyl (C=O) groups excluding carboxylic acids is 2. The fourth-order valence-corrected chi connectivity index (χ4v) is 3.84. The van der Waals surface area contributed by atoms with Crippen molar-refractivity contribution in [2.45, 2.75) is 37.9 Å². The van der Waals surface area contributed by atoms with Crippen LogP contribution >= 0.6 is 0 Å². The summed E-state index contributed by atoms with van der Waals surface area (Å²) >= 11 is 0. The van der Waals surface area contributed by atoms with E-state index < -0.39 is 16.1 Å². The summed E-state index contributed by atoms with van der Waals surface area (Å²) in [6, 6.07) is 13.3. The van der Waals surface area contributed by atoms with Gasteiger partial charge in [-0.3, -0.25) is 4.79 Å². The normalized spacial score (nSPS) is 11.5. The molecule has 0 bridgehead atoms. The molecular formula is C22H30N4O4S.